The number of benzene rings is 1. The number of nitrogens with one attached hydrogen (secondary N) is 1. The number of ether oxygens (including phenoxy) is 1. The van der Waals surface area contributed by atoms with Crippen molar-refractivity contribution in [3.8, 4) is 16.9 Å². The van der Waals surface area contributed by atoms with Crippen LogP contribution in [0.4, 0.5) is 10.9 Å². The zero-order valence-corrected chi connectivity index (χ0v) is 17.8. The van der Waals surface area contributed by atoms with Gasteiger partial charge >= 0.3 is 0 Å². The summed E-state index contributed by atoms with van der Waals surface area (Å²) in [4.78, 5) is 8.56. The summed E-state index contributed by atoms with van der Waals surface area (Å²) < 4.78 is 5.90. The van der Waals surface area contributed by atoms with Gasteiger partial charge in [-0.3, -0.25) is 0 Å². The fourth-order valence-corrected chi connectivity index (χ4v) is 3.88. The van der Waals surface area contributed by atoms with Gasteiger partial charge in [-0.1, -0.05) is 31.5 Å². The minimum absolute atomic E-state index is 0.391. The molecular weight excluding hydrogens is 392 g/mol. The molecule has 2 heterocycles. The van der Waals surface area contributed by atoms with Crippen LogP contribution in [0.2, 0.25) is 5.02 Å². The molecule has 0 saturated heterocycles. The van der Waals surface area contributed by atoms with E-state index < -0.39 is 5.54 Å². The molecule has 0 saturated carbocycles. The third-order valence-corrected chi connectivity index (χ3v) is 5.11. The van der Waals surface area contributed by atoms with Gasteiger partial charge in [0.2, 0.25) is 0 Å². The third kappa shape index (κ3) is 5.67. The molecule has 0 aliphatic heterocycles. The van der Waals surface area contributed by atoms with Crippen molar-refractivity contribution in [2.24, 2.45) is 11.7 Å². The first-order valence-electron chi connectivity index (χ1n) is 9.16. The highest BCUT2D eigenvalue weighted by molar-refractivity contribution is 7.13. The van der Waals surface area contributed by atoms with Gasteiger partial charge in [0.1, 0.15) is 18.2 Å². The quantitative estimate of drug-likeness (QED) is 0.489. The Kier molecular flexibility index (Phi) is 6.54. The highest BCUT2D eigenvalue weighted by Crippen LogP contribution is 2.32. The number of nitrogens with two attached hydrogens (primary N) is 1. The van der Waals surface area contributed by atoms with Crippen LogP contribution in [0.1, 0.15) is 27.2 Å². The van der Waals surface area contributed by atoms with Gasteiger partial charge in [-0.15, -0.1) is 11.3 Å². The van der Waals surface area contributed by atoms with Crippen LogP contribution in [-0.4, -0.2) is 22.1 Å². The lowest BCUT2D eigenvalue weighted by atomic mass is 9.93. The van der Waals surface area contributed by atoms with Crippen LogP contribution < -0.4 is 15.8 Å². The molecule has 0 aliphatic carbocycles. The summed E-state index contributed by atoms with van der Waals surface area (Å²) in [5.41, 5.74) is 7.92. The molecule has 3 rings (SSSR count). The maximum absolute atomic E-state index is 6.46. The van der Waals surface area contributed by atoms with E-state index in [1.807, 2.05) is 42.6 Å². The van der Waals surface area contributed by atoms with Crippen molar-refractivity contribution in [1.82, 2.24) is 9.97 Å². The highest BCUT2D eigenvalue weighted by Gasteiger charge is 2.21. The minimum Gasteiger partial charge on any atom is -0.490 e. The van der Waals surface area contributed by atoms with E-state index in [-0.39, 0.29) is 0 Å². The maximum atomic E-state index is 6.46. The first kappa shape index (κ1) is 20.6. The van der Waals surface area contributed by atoms with Crippen LogP contribution in [0.5, 0.6) is 5.75 Å². The Morgan fingerprint density at radius 2 is 1.96 bits per heavy atom. The van der Waals surface area contributed by atoms with Crippen molar-refractivity contribution in [1.29, 1.82) is 0 Å². The first-order chi connectivity index (χ1) is 13.3. The predicted octanol–water partition coefficient (Wildman–Crippen LogP) is 5.74. The summed E-state index contributed by atoms with van der Waals surface area (Å²) in [6.07, 6.45) is 4.40. The molecule has 5 nitrogen and oxygen atoms in total. The number of thiazole rings is 1. The molecule has 0 fully saturated rings. The fourth-order valence-electron chi connectivity index (χ4n) is 3.10. The molecule has 0 spiro atoms. The molecule has 28 heavy (non-hydrogen) atoms. The van der Waals surface area contributed by atoms with Gasteiger partial charge in [0.15, 0.2) is 5.13 Å². The van der Waals surface area contributed by atoms with Crippen LogP contribution in [0.25, 0.3) is 11.1 Å². The van der Waals surface area contributed by atoms with Crippen LogP contribution in [-0.2, 0) is 0 Å². The second-order valence-corrected chi connectivity index (χ2v) is 8.88. The van der Waals surface area contributed by atoms with Gasteiger partial charge < -0.3 is 15.8 Å². The summed E-state index contributed by atoms with van der Waals surface area (Å²) in [5.74, 6) is 1.88. The van der Waals surface area contributed by atoms with Crippen molar-refractivity contribution in [2.45, 2.75) is 32.7 Å². The second-order valence-electron chi connectivity index (χ2n) is 7.58. The van der Waals surface area contributed by atoms with Crippen LogP contribution in [0, 0.1) is 5.92 Å². The Bertz CT molecular complexity index is 913. The van der Waals surface area contributed by atoms with E-state index in [1.54, 1.807) is 12.4 Å². The number of pyridine rings is 1. The molecule has 1 aromatic carbocycles. The molecule has 3 N–H and O–H groups in total. The Hall–Kier alpha value is -2.15. The van der Waals surface area contributed by atoms with Crippen LogP contribution >= 0.6 is 22.9 Å². The van der Waals surface area contributed by atoms with Crippen molar-refractivity contribution < 1.29 is 4.74 Å². The van der Waals surface area contributed by atoms with Gasteiger partial charge in [-0.25, -0.2) is 9.97 Å². The molecule has 0 radical (unpaired) electrons. The zero-order chi connectivity index (χ0) is 20.1. The predicted molar refractivity (Wildman–Crippen MR) is 118 cm³/mol. The highest BCUT2D eigenvalue weighted by atomic mass is 35.5. The van der Waals surface area contributed by atoms with E-state index in [2.05, 4.69) is 29.1 Å². The third-order valence-electron chi connectivity index (χ3n) is 4.12. The van der Waals surface area contributed by atoms with Gasteiger partial charge in [0.25, 0.3) is 0 Å². The van der Waals surface area contributed by atoms with E-state index in [9.17, 15) is 0 Å². The number of aromatic nitrogens is 2. The minimum atomic E-state index is -0.391. The summed E-state index contributed by atoms with van der Waals surface area (Å²) in [7, 11) is 0. The fraction of sp³-hybridized carbons (Fsp3) is 0.333. The number of halogens is 1. The van der Waals surface area contributed by atoms with Gasteiger partial charge in [0, 0.05) is 23.3 Å². The lowest BCUT2D eigenvalue weighted by molar-refractivity contribution is 0.207. The normalized spacial score (nSPS) is 13.4. The summed E-state index contributed by atoms with van der Waals surface area (Å²) >= 11 is 7.99. The average Bonchev–Trinajstić information content (AvgIpc) is 3.13. The Morgan fingerprint density at radius 3 is 2.64 bits per heavy atom. The van der Waals surface area contributed by atoms with Crippen molar-refractivity contribution in [2.75, 3.05) is 11.9 Å². The zero-order valence-electron chi connectivity index (χ0n) is 16.3. The Balaban J connectivity index is 1.72. The summed E-state index contributed by atoms with van der Waals surface area (Å²) in [5, 5.41) is 6.47. The molecule has 0 bridgehead atoms. The lowest BCUT2D eigenvalue weighted by Gasteiger charge is -2.26. The second kappa shape index (κ2) is 8.90. The number of anilines is 2. The largest absolute Gasteiger partial charge is 0.490 e. The smallest absolute Gasteiger partial charge is 0.188 e. The number of hydrogen-bond donors (Lipinski definition) is 2. The summed E-state index contributed by atoms with van der Waals surface area (Å²) in [6.45, 7) is 6.73. The Labute approximate surface area is 174 Å². The van der Waals surface area contributed by atoms with Crippen molar-refractivity contribution >= 4 is 33.9 Å². The van der Waals surface area contributed by atoms with Crippen molar-refractivity contribution in [3.05, 3.63) is 53.1 Å². The first-order valence-corrected chi connectivity index (χ1v) is 10.4. The monoisotopic (exact) mass is 416 g/mol. The molecule has 0 aliphatic rings. The standard InChI is InChI=1S/C21H25ClN4OS/c1-14(2)12-21(3,23)13-27-18-5-4-15(10-17(18)22)16-6-7-24-19(11-16)26-20-25-8-9-28-20/h4-11,14H,12-13,23H2,1-3H3,(H,24,25,26). The Morgan fingerprint density at radius 1 is 1.18 bits per heavy atom. The molecule has 1 unspecified atom stereocenters. The molecule has 2 aromatic heterocycles. The lowest BCUT2D eigenvalue weighted by Crippen LogP contribution is -2.43. The molecule has 0 amide bonds. The SMILES string of the molecule is CC(C)CC(C)(N)COc1ccc(-c2ccnc(Nc3nccs3)c2)cc1Cl. The molecule has 3 aromatic rings. The van der Waals surface area contributed by atoms with E-state index in [1.165, 1.54) is 11.3 Å². The molecular formula is C21H25ClN4OS. The average molecular weight is 417 g/mol. The van der Waals surface area contributed by atoms with Gasteiger partial charge in [0.05, 0.1) is 5.02 Å². The van der Waals surface area contributed by atoms with Crippen molar-refractivity contribution in [3.63, 3.8) is 0 Å². The van der Waals surface area contributed by atoms with Gasteiger partial charge in [-0.05, 0) is 54.7 Å². The number of nitrogens with zero attached hydrogens (tertiary/aromatic N) is 2. The molecule has 148 valence electrons. The number of hydrogen-bond acceptors (Lipinski definition) is 6. The molecule has 1 atom stereocenters. The van der Waals surface area contributed by atoms with E-state index in [4.69, 9.17) is 22.1 Å². The summed E-state index contributed by atoms with van der Waals surface area (Å²) in [6, 6.07) is 9.68. The number of rotatable bonds is 8. The van der Waals surface area contributed by atoms with E-state index >= 15 is 0 Å². The van der Waals surface area contributed by atoms with Gasteiger partial charge in [-0.2, -0.15) is 0 Å². The van der Waals surface area contributed by atoms with Crippen LogP contribution in [0.3, 0.4) is 0 Å². The van der Waals surface area contributed by atoms with E-state index in [0.29, 0.717) is 23.3 Å². The van der Waals surface area contributed by atoms with Crippen LogP contribution in [0.15, 0.2) is 48.1 Å². The maximum Gasteiger partial charge on any atom is 0.188 e. The van der Waals surface area contributed by atoms with E-state index in [0.717, 1.165) is 28.5 Å². The molecule has 7 heteroatoms. The topological polar surface area (TPSA) is 73.1 Å².